The number of rotatable bonds is 2. The Kier molecular flexibility index (Phi) is 4.22. The fourth-order valence-corrected chi connectivity index (χ4v) is 4.19. The second kappa shape index (κ2) is 6.27. The zero-order valence-corrected chi connectivity index (χ0v) is 18.3. The number of nitrogens with zero attached hydrogens (tertiary/aromatic N) is 2. The summed E-state index contributed by atoms with van der Waals surface area (Å²) in [6.07, 6.45) is 4.42. The lowest BCUT2D eigenvalue weighted by Gasteiger charge is -2.22. The second-order valence-corrected chi connectivity index (χ2v) is 10.2. The molecule has 0 bridgehead atoms. The quantitative estimate of drug-likeness (QED) is 0.367. The summed E-state index contributed by atoms with van der Waals surface area (Å²) in [4.78, 5) is 0. The lowest BCUT2D eigenvalue weighted by molar-refractivity contribution is 0.590. The Labute approximate surface area is 168 Å². The van der Waals surface area contributed by atoms with Crippen LogP contribution in [0.4, 0.5) is 0 Å². The molecule has 0 radical (unpaired) electrons. The Morgan fingerprint density at radius 3 is 2.21 bits per heavy atom. The molecule has 0 N–H and O–H groups in total. The third-order valence-electron chi connectivity index (χ3n) is 5.91. The van der Waals surface area contributed by atoms with Crippen molar-refractivity contribution in [1.29, 1.82) is 0 Å². The molecule has 0 aliphatic rings. The minimum absolute atomic E-state index is 0.130. The van der Waals surface area contributed by atoms with Gasteiger partial charge < -0.3 is 9.13 Å². The van der Waals surface area contributed by atoms with E-state index in [2.05, 4.69) is 113 Å². The largest absolute Gasteiger partial charge is 0.350 e. The summed E-state index contributed by atoms with van der Waals surface area (Å²) in [5, 5.41) is 2.67. The van der Waals surface area contributed by atoms with E-state index in [1.165, 1.54) is 38.5 Å². The lowest BCUT2D eigenvalue weighted by Crippen LogP contribution is -2.13. The average molecular weight is 373 g/mol. The second-order valence-electron chi connectivity index (χ2n) is 10.2. The summed E-state index contributed by atoms with van der Waals surface area (Å²) < 4.78 is 4.66. The zero-order chi connectivity index (χ0) is 20.3. The summed E-state index contributed by atoms with van der Waals surface area (Å²) in [6.45, 7) is 14.6. The number of aryl methyl sites for hydroxylation is 1. The van der Waals surface area contributed by atoms with Crippen LogP contribution in [0.1, 0.15) is 58.2 Å². The van der Waals surface area contributed by atoms with Crippen LogP contribution < -0.4 is 0 Å². The Morgan fingerprint density at radius 2 is 1.54 bits per heavy atom. The summed E-state index contributed by atoms with van der Waals surface area (Å²) in [5.41, 5.74) is 7.13. The Balaban J connectivity index is 1.83. The summed E-state index contributed by atoms with van der Waals surface area (Å²) in [6, 6.07) is 16.0. The number of hydrogen-bond donors (Lipinski definition) is 0. The van der Waals surface area contributed by atoms with Crippen LogP contribution in [0.3, 0.4) is 0 Å². The van der Waals surface area contributed by atoms with Crippen molar-refractivity contribution in [3.8, 4) is 0 Å². The van der Waals surface area contributed by atoms with E-state index >= 15 is 0 Å². The van der Waals surface area contributed by atoms with Gasteiger partial charge in [0.05, 0.1) is 5.52 Å². The lowest BCUT2D eigenvalue weighted by atomic mass is 9.85. The van der Waals surface area contributed by atoms with Crippen LogP contribution in [0.25, 0.3) is 21.8 Å². The molecule has 0 atom stereocenters. The fourth-order valence-electron chi connectivity index (χ4n) is 4.19. The first-order valence-corrected chi connectivity index (χ1v) is 10.2. The molecule has 2 aromatic carbocycles. The summed E-state index contributed by atoms with van der Waals surface area (Å²) in [7, 11) is 2.15. The molecular formula is C26H32N2. The molecule has 2 aromatic heterocycles. The topological polar surface area (TPSA) is 9.86 Å². The minimum Gasteiger partial charge on any atom is -0.350 e. The first-order chi connectivity index (χ1) is 13.1. The van der Waals surface area contributed by atoms with Crippen LogP contribution >= 0.6 is 0 Å². The molecule has 0 saturated heterocycles. The molecule has 0 unspecified atom stereocenters. The van der Waals surface area contributed by atoms with Gasteiger partial charge in [-0.25, -0.2) is 0 Å². The molecule has 146 valence electrons. The maximum absolute atomic E-state index is 2.39. The van der Waals surface area contributed by atoms with Crippen molar-refractivity contribution >= 4 is 21.8 Å². The molecule has 2 heteroatoms. The highest BCUT2D eigenvalue weighted by molar-refractivity contribution is 5.88. The molecule has 0 fully saturated rings. The highest BCUT2D eigenvalue weighted by atomic mass is 15.0. The van der Waals surface area contributed by atoms with Gasteiger partial charge in [0.25, 0.3) is 0 Å². The molecule has 4 aromatic rings. The molecule has 4 rings (SSSR count). The van der Waals surface area contributed by atoms with Gasteiger partial charge in [0.2, 0.25) is 0 Å². The minimum atomic E-state index is 0.130. The highest BCUT2D eigenvalue weighted by Gasteiger charge is 2.20. The smallest absolute Gasteiger partial charge is 0.0519 e. The van der Waals surface area contributed by atoms with Gasteiger partial charge in [0.1, 0.15) is 0 Å². The van der Waals surface area contributed by atoms with E-state index in [4.69, 9.17) is 0 Å². The predicted molar refractivity (Wildman–Crippen MR) is 121 cm³/mol. The van der Waals surface area contributed by atoms with Gasteiger partial charge in [0.15, 0.2) is 0 Å². The van der Waals surface area contributed by atoms with Gasteiger partial charge in [-0.3, -0.25) is 0 Å². The van der Waals surface area contributed by atoms with Crippen molar-refractivity contribution in [3.63, 3.8) is 0 Å². The van der Waals surface area contributed by atoms with Gasteiger partial charge >= 0.3 is 0 Å². The van der Waals surface area contributed by atoms with Crippen LogP contribution in [0, 0.1) is 0 Å². The van der Waals surface area contributed by atoms with Crippen molar-refractivity contribution in [3.05, 3.63) is 71.5 Å². The van der Waals surface area contributed by atoms with Gasteiger partial charge in [-0.15, -0.1) is 0 Å². The number of fused-ring (bicyclic) bond motifs is 2. The molecule has 2 nitrogen and oxygen atoms in total. The van der Waals surface area contributed by atoms with Crippen LogP contribution in [0.2, 0.25) is 0 Å². The Morgan fingerprint density at radius 1 is 0.786 bits per heavy atom. The van der Waals surface area contributed by atoms with Crippen molar-refractivity contribution < 1.29 is 0 Å². The van der Waals surface area contributed by atoms with Crippen molar-refractivity contribution in [2.45, 2.75) is 58.9 Å². The van der Waals surface area contributed by atoms with Crippen LogP contribution in [0.5, 0.6) is 0 Å². The normalized spacial score (nSPS) is 13.0. The van der Waals surface area contributed by atoms with E-state index in [0.717, 1.165) is 6.54 Å². The van der Waals surface area contributed by atoms with Gasteiger partial charge in [-0.05, 0) is 51.1 Å². The monoisotopic (exact) mass is 372 g/mol. The number of benzene rings is 2. The average Bonchev–Trinajstić information content (AvgIpc) is 3.18. The van der Waals surface area contributed by atoms with Crippen molar-refractivity contribution in [2.75, 3.05) is 0 Å². The van der Waals surface area contributed by atoms with Crippen LogP contribution in [0.15, 0.2) is 54.9 Å². The molecule has 0 aliphatic heterocycles. The molecule has 0 saturated carbocycles. The van der Waals surface area contributed by atoms with Crippen molar-refractivity contribution in [1.82, 2.24) is 9.13 Å². The molecule has 0 spiro atoms. The predicted octanol–water partition coefficient (Wildman–Crippen LogP) is 6.78. The molecule has 28 heavy (non-hydrogen) atoms. The Hall–Kier alpha value is -2.48. The van der Waals surface area contributed by atoms with Gasteiger partial charge in [-0.1, -0.05) is 65.8 Å². The van der Waals surface area contributed by atoms with E-state index in [9.17, 15) is 0 Å². The fraction of sp³-hybridized carbons (Fsp3) is 0.385. The van der Waals surface area contributed by atoms with Crippen LogP contribution in [-0.2, 0) is 24.4 Å². The van der Waals surface area contributed by atoms with Gasteiger partial charge in [0, 0.05) is 36.9 Å². The van der Waals surface area contributed by atoms with Gasteiger partial charge in [-0.2, -0.15) is 0 Å². The SMILES string of the molecule is Cn1ccc2c(Cn3ccc4ccc(C(C)(C)C)cc43)ccc(C(C)(C)C)c21. The van der Waals surface area contributed by atoms with E-state index in [-0.39, 0.29) is 10.8 Å². The van der Waals surface area contributed by atoms with Crippen LogP contribution in [-0.4, -0.2) is 9.13 Å². The Bertz CT molecular complexity index is 1160. The molecule has 0 amide bonds. The third kappa shape index (κ3) is 3.15. The third-order valence-corrected chi connectivity index (χ3v) is 5.91. The number of hydrogen-bond acceptors (Lipinski definition) is 0. The standard InChI is InChI=1S/C26H32N2/c1-25(2,3)20-10-8-18-12-15-28(23(18)16-20)17-19-9-11-22(26(4,5)6)24-21(19)13-14-27(24)7/h8-16H,17H2,1-7H3. The van der Waals surface area contributed by atoms with E-state index in [1.54, 1.807) is 0 Å². The first kappa shape index (κ1) is 18.9. The molecule has 2 heterocycles. The zero-order valence-electron chi connectivity index (χ0n) is 18.3. The maximum atomic E-state index is 2.39. The highest BCUT2D eigenvalue weighted by Crippen LogP contribution is 2.33. The molecule has 0 aliphatic carbocycles. The van der Waals surface area contributed by atoms with E-state index in [1.807, 2.05) is 0 Å². The van der Waals surface area contributed by atoms with E-state index < -0.39 is 0 Å². The van der Waals surface area contributed by atoms with E-state index in [0.29, 0.717) is 0 Å². The van der Waals surface area contributed by atoms with Crippen molar-refractivity contribution in [2.24, 2.45) is 7.05 Å². The summed E-state index contributed by atoms with van der Waals surface area (Å²) >= 11 is 0. The number of aromatic nitrogens is 2. The molecular weight excluding hydrogens is 340 g/mol. The maximum Gasteiger partial charge on any atom is 0.0519 e. The summed E-state index contributed by atoms with van der Waals surface area (Å²) in [5.74, 6) is 0. The first-order valence-electron chi connectivity index (χ1n) is 10.2.